The molecule has 0 radical (unpaired) electrons. The van der Waals surface area contributed by atoms with Crippen molar-refractivity contribution in [3.63, 3.8) is 0 Å². The van der Waals surface area contributed by atoms with E-state index >= 15 is 0 Å². The van der Waals surface area contributed by atoms with Gasteiger partial charge in [-0.1, -0.05) is 0 Å². The van der Waals surface area contributed by atoms with Crippen molar-refractivity contribution < 1.29 is 19.0 Å². The number of carbonyl (C=O) groups is 1. The zero-order valence-electron chi connectivity index (χ0n) is 13.9. The van der Waals surface area contributed by atoms with Crippen molar-refractivity contribution in [1.29, 1.82) is 0 Å². The molecule has 0 fully saturated rings. The predicted molar refractivity (Wildman–Crippen MR) is 104 cm³/mol. The Morgan fingerprint density at radius 2 is 1.72 bits per heavy atom. The monoisotopic (exact) mass is 424 g/mol. The van der Waals surface area contributed by atoms with E-state index in [0.29, 0.717) is 33.0 Å². The third-order valence-electron chi connectivity index (χ3n) is 3.30. The Bertz CT molecular complexity index is 798. The summed E-state index contributed by atoms with van der Waals surface area (Å²) in [4.78, 5) is 12.3. The fourth-order valence-corrected chi connectivity index (χ4v) is 2.78. The van der Waals surface area contributed by atoms with Gasteiger partial charge in [-0.15, -0.1) is 0 Å². The van der Waals surface area contributed by atoms with E-state index in [0.717, 1.165) is 0 Å². The third-order valence-corrected chi connectivity index (χ3v) is 4.12. The van der Waals surface area contributed by atoms with E-state index in [9.17, 15) is 4.79 Å². The lowest BCUT2D eigenvalue weighted by molar-refractivity contribution is 0.0977. The summed E-state index contributed by atoms with van der Waals surface area (Å²) in [5.74, 6) is 1.50. The first-order chi connectivity index (χ1) is 12.0. The molecule has 0 saturated carbocycles. The van der Waals surface area contributed by atoms with Crippen LogP contribution in [0.15, 0.2) is 40.9 Å². The number of thiocarbonyl (C=S) groups is 1. The largest absolute Gasteiger partial charge is 0.497 e. The summed E-state index contributed by atoms with van der Waals surface area (Å²) in [6.07, 6.45) is 0. The minimum atomic E-state index is -0.340. The van der Waals surface area contributed by atoms with Crippen LogP contribution in [0.25, 0.3) is 0 Å². The number of anilines is 1. The molecule has 0 aromatic heterocycles. The van der Waals surface area contributed by atoms with Crippen LogP contribution >= 0.6 is 28.1 Å². The van der Waals surface area contributed by atoms with Gasteiger partial charge in [-0.2, -0.15) is 0 Å². The maximum absolute atomic E-state index is 12.3. The van der Waals surface area contributed by atoms with Gasteiger partial charge in [-0.3, -0.25) is 10.1 Å². The van der Waals surface area contributed by atoms with E-state index in [1.807, 2.05) is 0 Å². The van der Waals surface area contributed by atoms with E-state index < -0.39 is 0 Å². The summed E-state index contributed by atoms with van der Waals surface area (Å²) < 4.78 is 16.3. The fourth-order valence-electron chi connectivity index (χ4n) is 2.04. The number of amides is 1. The van der Waals surface area contributed by atoms with E-state index in [1.165, 1.54) is 7.11 Å². The highest BCUT2D eigenvalue weighted by Gasteiger charge is 2.12. The zero-order chi connectivity index (χ0) is 18.4. The van der Waals surface area contributed by atoms with Gasteiger partial charge in [-0.25, -0.2) is 0 Å². The number of carbonyl (C=O) groups excluding carboxylic acids is 1. The van der Waals surface area contributed by atoms with Gasteiger partial charge in [0, 0.05) is 11.6 Å². The van der Waals surface area contributed by atoms with Crippen molar-refractivity contribution in [2.75, 3.05) is 26.6 Å². The molecule has 2 aromatic rings. The Morgan fingerprint density at radius 1 is 1.00 bits per heavy atom. The lowest BCUT2D eigenvalue weighted by atomic mass is 10.2. The van der Waals surface area contributed by atoms with Crippen LogP contribution in [0.4, 0.5) is 5.69 Å². The molecule has 0 saturated heterocycles. The molecule has 0 atom stereocenters. The van der Waals surface area contributed by atoms with Gasteiger partial charge in [0.05, 0.1) is 31.5 Å². The van der Waals surface area contributed by atoms with Crippen LogP contribution in [-0.2, 0) is 0 Å². The van der Waals surface area contributed by atoms with E-state index in [-0.39, 0.29) is 11.0 Å². The molecule has 0 aliphatic rings. The second kappa shape index (κ2) is 8.68. The number of rotatable bonds is 5. The van der Waals surface area contributed by atoms with Crippen LogP contribution in [-0.4, -0.2) is 32.3 Å². The van der Waals surface area contributed by atoms with Crippen molar-refractivity contribution in [1.82, 2.24) is 5.32 Å². The number of ether oxygens (including phenoxy) is 3. The van der Waals surface area contributed by atoms with Crippen LogP contribution < -0.4 is 24.8 Å². The Labute approximate surface area is 159 Å². The highest BCUT2D eigenvalue weighted by atomic mass is 79.9. The molecule has 2 N–H and O–H groups in total. The van der Waals surface area contributed by atoms with E-state index in [1.54, 1.807) is 50.6 Å². The molecule has 0 aliphatic carbocycles. The summed E-state index contributed by atoms with van der Waals surface area (Å²) in [7, 11) is 4.66. The van der Waals surface area contributed by atoms with Crippen LogP contribution in [0.5, 0.6) is 17.2 Å². The van der Waals surface area contributed by atoms with Crippen molar-refractivity contribution in [2.24, 2.45) is 0 Å². The molecule has 6 nitrogen and oxygen atoms in total. The average Bonchev–Trinajstić information content (AvgIpc) is 2.61. The molecule has 0 heterocycles. The molecular formula is C17H17BrN2O4S. The van der Waals surface area contributed by atoms with E-state index in [4.69, 9.17) is 26.4 Å². The molecule has 0 aliphatic heterocycles. The van der Waals surface area contributed by atoms with Crippen LogP contribution in [0.3, 0.4) is 0 Å². The maximum Gasteiger partial charge on any atom is 0.257 e. The summed E-state index contributed by atoms with van der Waals surface area (Å²) in [5, 5.41) is 5.71. The van der Waals surface area contributed by atoms with Gasteiger partial charge in [0.15, 0.2) is 5.11 Å². The Kier molecular flexibility index (Phi) is 6.60. The standard InChI is InChI=1S/C17H17BrN2O4S/c1-22-11-5-6-13(15(9-11)24-3)19-17(25)20-16(21)10-4-7-14(23-2)12(18)8-10/h4-9H,1-3H3,(H2,19,20,21,25). The number of hydrogen-bond acceptors (Lipinski definition) is 5. The maximum atomic E-state index is 12.3. The minimum Gasteiger partial charge on any atom is -0.497 e. The summed E-state index contributed by atoms with van der Waals surface area (Å²) in [6.45, 7) is 0. The zero-order valence-corrected chi connectivity index (χ0v) is 16.3. The lowest BCUT2D eigenvalue weighted by Crippen LogP contribution is -2.34. The number of hydrogen-bond donors (Lipinski definition) is 2. The summed E-state index contributed by atoms with van der Waals surface area (Å²) in [6, 6.07) is 10.2. The van der Waals surface area contributed by atoms with Crippen LogP contribution in [0.2, 0.25) is 0 Å². The molecule has 0 bridgehead atoms. The fraction of sp³-hybridized carbons (Fsp3) is 0.176. The normalized spacial score (nSPS) is 9.92. The molecule has 25 heavy (non-hydrogen) atoms. The topological polar surface area (TPSA) is 68.8 Å². The van der Waals surface area contributed by atoms with Crippen molar-refractivity contribution >= 4 is 44.9 Å². The first-order valence-corrected chi connectivity index (χ1v) is 8.36. The molecular weight excluding hydrogens is 408 g/mol. The minimum absolute atomic E-state index is 0.153. The second-order valence-electron chi connectivity index (χ2n) is 4.82. The number of nitrogens with one attached hydrogen (secondary N) is 2. The van der Waals surface area contributed by atoms with Gasteiger partial charge >= 0.3 is 0 Å². The molecule has 2 rings (SSSR count). The van der Waals surface area contributed by atoms with Crippen LogP contribution in [0.1, 0.15) is 10.4 Å². The van der Waals surface area contributed by atoms with Gasteiger partial charge in [0.25, 0.3) is 5.91 Å². The van der Waals surface area contributed by atoms with Crippen molar-refractivity contribution in [3.8, 4) is 17.2 Å². The predicted octanol–water partition coefficient (Wildman–Crippen LogP) is 3.60. The van der Waals surface area contributed by atoms with Gasteiger partial charge < -0.3 is 19.5 Å². The molecule has 1 amide bonds. The second-order valence-corrected chi connectivity index (χ2v) is 6.09. The SMILES string of the molecule is COc1ccc(NC(=S)NC(=O)c2ccc(OC)c(Br)c2)c(OC)c1. The summed E-state index contributed by atoms with van der Waals surface area (Å²) >= 11 is 8.54. The van der Waals surface area contributed by atoms with E-state index in [2.05, 4.69) is 26.6 Å². The number of methoxy groups -OCH3 is 3. The highest BCUT2D eigenvalue weighted by Crippen LogP contribution is 2.29. The molecule has 132 valence electrons. The summed E-state index contributed by atoms with van der Waals surface area (Å²) in [5.41, 5.74) is 1.06. The van der Waals surface area contributed by atoms with Crippen LogP contribution in [0, 0.1) is 0 Å². The first kappa shape index (κ1) is 19.0. The van der Waals surface area contributed by atoms with Gasteiger partial charge in [0.2, 0.25) is 0 Å². The molecule has 0 unspecified atom stereocenters. The molecule has 0 spiro atoms. The average molecular weight is 425 g/mol. The van der Waals surface area contributed by atoms with Crippen molar-refractivity contribution in [2.45, 2.75) is 0 Å². The Hall–Kier alpha value is -2.32. The quantitative estimate of drug-likeness (QED) is 0.714. The van der Waals surface area contributed by atoms with Gasteiger partial charge in [0.1, 0.15) is 17.2 Å². The highest BCUT2D eigenvalue weighted by molar-refractivity contribution is 9.10. The smallest absolute Gasteiger partial charge is 0.257 e. The Balaban J connectivity index is 2.07. The Morgan fingerprint density at radius 3 is 2.32 bits per heavy atom. The third kappa shape index (κ3) is 4.83. The molecule has 8 heteroatoms. The lowest BCUT2D eigenvalue weighted by Gasteiger charge is -2.14. The number of benzene rings is 2. The van der Waals surface area contributed by atoms with Gasteiger partial charge in [-0.05, 0) is 58.5 Å². The first-order valence-electron chi connectivity index (χ1n) is 7.16. The number of halogens is 1. The van der Waals surface area contributed by atoms with Crippen molar-refractivity contribution in [3.05, 3.63) is 46.4 Å². The molecule has 2 aromatic carbocycles.